The van der Waals surface area contributed by atoms with Gasteiger partial charge < -0.3 is 4.90 Å². The predicted molar refractivity (Wildman–Crippen MR) is 84.3 cm³/mol. The van der Waals surface area contributed by atoms with Crippen molar-refractivity contribution in [3.63, 3.8) is 0 Å². The van der Waals surface area contributed by atoms with Crippen LogP contribution in [0.3, 0.4) is 0 Å². The highest BCUT2D eigenvalue weighted by Gasteiger charge is 2.24. The van der Waals surface area contributed by atoms with Crippen molar-refractivity contribution >= 4 is 21.9 Å². The van der Waals surface area contributed by atoms with E-state index in [2.05, 4.69) is 52.7 Å². The second kappa shape index (κ2) is 6.69. The molecule has 1 aromatic heterocycles. The maximum atomic E-state index is 4.79. The second-order valence-corrected chi connectivity index (χ2v) is 6.50. The maximum Gasteiger partial charge on any atom is 0.226 e. The van der Waals surface area contributed by atoms with Crippen molar-refractivity contribution in [2.75, 3.05) is 16.8 Å². The Morgan fingerprint density at radius 1 is 1.32 bits per heavy atom. The molecule has 1 saturated carbocycles. The van der Waals surface area contributed by atoms with Crippen molar-refractivity contribution in [2.24, 2.45) is 0 Å². The lowest BCUT2D eigenvalue weighted by Gasteiger charge is -2.29. The number of alkyl halides is 1. The number of nitrogens with zero attached hydrogens (tertiary/aromatic N) is 3. The molecular formula is C15H24BrN3. The van der Waals surface area contributed by atoms with Gasteiger partial charge in [0.2, 0.25) is 5.95 Å². The highest BCUT2D eigenvalue weighted by molar-refractivity contribution is 9.09. The summed E-state index contributed by atoms with van der Waals surface area (Å²) < 4.78 is 0. The van der Waals surface area contributed by atoms with Gasteiger partial charge in [-0.3, -0.25) is 0 Å². The van der Waals surface area contributed by atoms with Gasteiger partial charge >= 0.3 is 0 Å². The van der Waals surface area contributed by atoms with Gasteiger partial charge in [0.15, 0.2) is 0 Å². The van der Waals surface area contributed by atoms with Crippen LogP contribution in [0.25, 0.3) is 0 Å². The average molecular weight is 326 g/mol. The largest absolute Gasteiger partial charge is 0.337 e. The molecule has 0 amide bonds. The summed E-state index contributed by atoms with van der Waals surface area (Å²) in [6.07, 6.45) is 5.24. The van der Waals surface area contributed by atoms with Crippen LogP contribution < -0.4 is 4.90 Å². The van der Waals surface area contributed by atoms with E-state index in [9.17, 15) is 0 Å². The summed E-state index contributed by atoms with van der Waals surface area (Å²) in [4.78, 5) is 11.9. The molecule has 19 heavy (non-hydrogen) atoms. The molecule has 0 radical (unpaired) electrons. The number of hydrogen-bond acceptors (Lipinski definition) is 3. The van der Waals surface area contributed by atoms with Crippen LogP contribution in [0.5, 0.6) is 0 Å². The monoisotopic (exact) mass is 325 g/mol. The van der Waals surface area contributed by atoms with Gasteiger partial charge in [0.05, 0.1) is 0 Å². The maximum absolute atomic E-state index is 4.79. The normalized spacial score (nSPS) is 16.3. The molecule has 1 aliphatic carbocycles. The van der Waals surface area contributed by atoms with Crippen LogP contribution in [0.4, 0.5) is 5.95 Å². The third-order valence-electron chi connectivity index (χ3n) is 3.80. The van der Waals surface area contributed by atoms with Crippen molar-refractivity contribution in [2.45, 2.75) is 58.4 Å². The topological polar surface area (TPSA) is 29.0 Å². The molecule has 0 bridgehead atoms. The lowest BCUT2D eigenvalue weighted by molar-refractivity contribution is 0.603. The molecule has 2 rings (SSSR count). The van der Waals surface area contributed by atoms with E-state index in [0.29, 0.717) is 12.0 Å². The molecule has 106 valence electrons. The number of anilines is 1. The lowest BCUT2D eigenvalue weighted by atomic mass is 10.1. The second-order valence-electron chi connectivity index (χ2n) is 5.71. The van der Waals surface area contributed by atoms with Crippen LogP contribution in [0.15, 0.2) is 6.07 Å². The van der Waals surface area contributed by atoms with Gasteiger partial charge in [-0.1, -0.05) is 42.6 Å². The predicted octanol–water partition coefficient (Wildman–Crippen LogP) is 4.05. The first-order valence-electron chi connectivity index (χ1n) is 7.30. The number of halogens is 1. The SMILES string of the molecule is Cc1cc(C(C)C)nc(N(CCBr)C2CCCC2)n1. The van der Waals surface area contributed by atoms with Crippen LogP contribution in [0, 0.1) is 6.92 Å². The fourth-order valence-electron chi connectivity index (χ4n) is 2.75. The molecule has 0 unspecified atom stereocenters. The third-order valence-corrected chi connectivity index (χ3v) is 4.16. The van der Waals surface area contributed by atoms with E-state index in [1.807, 2.05) is 0 Å². The van der Waals surface area contributed by atoms with E-state index in [4.69, 9.17) is 4.98 Å². The zero-order chi connectivity index (χ0) is 13.8. The molecular weight excluding hydrogens is 302 g/mol. The van der Waals surface area contributed by atoms with Gasteiger partial charge in [0, 0.05) is 29.3 Å². The smallest absolute Gasteiger partial charge is 0.226 e. The van der Waals surface area contributed by atoms with E-state index in [0.717, 1.165) is 29.2 Å². The number of rotatable bonds is 5. The Morgan fingerprint density at radius 3 is 2.58 bits per heavy atom. The minimum absolute atomic E-state index is 0.454. The van der Waals surface area contributed by atoms with Gasteiger partial charge in [0.25, 0.3) is 0 Å². The van der Waals surface area contributed by atoms with E-state index >= 15 is 0 Å². The van der Waals surface area contributed by atoms with Crippen LogP contribution in [-0.2, 0) is 0 Å². The zero-order valence-corrected chi connectivity index (χ0v) is 13.8. The summed E-state index contributed by atoms with van der Waals surface area (Å²) in [5.74, 6) is 1.38. The Labute approximate surface area is 125 Å². The molecule has 0 aliphatic heterocycles. The molecule has 1 fully saturated rings. The third kappa shape index (κ3) is 3.68. The zero-order valence-electron chi connectivity index (χ0n) is 12.2. The van der Waals surface area contributed by atoms with Crippen molar-refractivity contribution in [3.05, 3.63) is 17.5 Å². The highest BCUT2D eigenvalue weighted by atomic mass is 79.9. The fourth-order valence-corrected chi connectivity index (χ4v) is 3.14. The Kier molecular flexibility index (Phi) is 5.20. The number of aryl methyl sites for hydroxylation is 1. The van der Waals surface area contributed by atoms with Crippen LogP contribution >= 0.6 is 15.9 Å². The Bertz CT molecular complexity index is 414. The van der Waals surface area contributed by atoms with Crippen molar-refractivity contribution in [3.8, 4) is 0 Å². The van der Waals surface area contributed by atoms with Gasteiger partial charge in [-0.05, 0) is 31.7 Å². The number of hydrogen-bond donors (Lipinski definition) is 0. The number of aromatic nitrogens is 2. The van der Waals surface area contributed by atoms with Gasteiger partial charge in [0.1, 0.15) is 0 Å². The molecule has 0 aromatic carbocycles. The summed E-state index contributed by atoms with van der Waals surface area (Å²) >= 11 is 3.56. The summed E-state index contributed by atoms with van der Waals surface area (Å²) in [5.41, 5.74) is 2.23. The Morgan fingerprint density at radius 2 is 2.00 bits per heavy atom. The molecule has 1 heterocycles. The molecule has 0 N–H and O–H groups in total. The van der Waals surface area contributed by atoms with Crippen molar-refractivity contribution < 1.29 is 0 Å². The van der Waals surface area contributed by atoms with Gasteiger partial charge in [-0.15, -0.1) is 0 Å². The van der Waals surface area contributed by atoms with Crippen molar-refractivity contribution in [1.29, 1.82) is 0 Å². The molecule has 3 nitrogen and oxygen atoms in total. The average Bonchev–Trinajstić information content (AvgIpc) is 2.88. The lowest BCUT2D eigenvalue weighted by Crippen LogP contribution is -2.36. The van der Waals surface area contributed by atoms with Crippen LogP contribution in [0.2, 0.25) is 0 Å². The minimum Gasteiger partial charge on any atom is -0.337 e. The summed E-state index contributed by atoms with van der Waals surface area (Å²) in [5, 5.41) is 0.970. The summed E-state index contributed by atoms with van der Waals surface area (Å²) in [7, 11) is 0. The molecule has 1 aromatic rings. The summed E-state index contributed by atoms with van der Waals surface area (Å²) in [6.45, 7) is 7.44. The van der Waals surface area contributed by atoms with Gasteiger partial charge in [-0.25, -0.2) is 9.97 Å². The molecule has 0 atom stereocenters. The van der Waals surface area contributed by atoms with Gasteiger partial charge in [-0.2, -0.15) is 0 Å². The Balaban J connectivity index is 2.29. The minimum atomic E-state index is 0.454. The van der Waals surface area contributed by atoms with E-state index < -0.39 is 0 Å². The molecule has 1 aliphatic rings. The van der Waals surface area contributed by atoms with Crippen molar-refractivity contribution in [1.82, 2.24) is 9.97 Å². The quantitative estimate of drug-likeness (QED) is 0.764. The van der Waals surface area contributed by atoms with Crippen LogP contribution in [-0.4, -0.2) is 27.9 Å². The first-order chi connectivity index (χ1) is 9.11. The first kappa shape index (κ1) is 14.8. The molecule has 4 heteroatoms. The van der Waals surface area contributed by atoms with E-state index in [1.54, 1.807) is 0 Å². The van der Waals surface area contributed by atoms with Crippen LogP contribution in [0.1, 0.15) is 56.8 Å². The highest BCUT2D eigenvalue weighted by Crippen LogP contribution is 2.27. The van der Waals surface area contributed by atoms with E-state index in [-0.39, 0.29) is 0 Å². The Hall–Kier alpha value is -0.640. The first-order valence-corrected chi connectivity index (χ1v) is 8.42. The molecule has 0 spiro atoms. The van der Waals surface area contributed by atoms with E-state index in [1.165, 1.54) is 25.7 Å². The summed E-state index contributed by atoms with van der Waals surface area (Å²) in [6, 6.07) is 2.73. The standard InChI is InChI=1S/C15H24BrN3/c1-11(2)14-10-12(3)17-15(18-14)19(9-8-16)13-6-4-5-7-13/h10-11,13H,4-9H2,1-3H3. The fraction of sp³-hybridized carbons (Fsp3) is 0.733. The molecule has 0 saturated heterocycles.